The summed E-state index contributed by atoms with van der Waals surface area (Å²) >= 11 is 0. The van der Waals surface area contributed by atoms with E-state index in [0.29, 0.717) is 17.4 Å². The summed E-state index contributed by atoms with van der Waals surface area (Å²) in [7, 11) is 1.49. The lowest BCUT2D eigenvalue weighted by Gasteiger charge is -2.38. The lowest BCUT2D eigenvalue weighted by molar-refractivity contribution is 0.384. The fourth-order valence-electron chi connectivity index (χ4n) is 3.61. The monoisotopic (exact) mass is 365 g/mol. The summed E-state index contributed by atoms with van der Waals surface area (Å²) in [6.45, 7) is 2.91. The van der Waals surface area contributed by atoms with Gasteiger partial charge in [0.15, 0.2) is 23.2 Å². The summed E-state index contributed by atoms with van der Waals surface area (Å²) in [5.74, 6) is 0.951. The molecule has 6 nitrogen and oxygen atoms in total. The minimum atomic E-state index is -0.329. The molecule has 0 amide bonds. The van der Waals surface area contributed by atoms with Crippen LogP contribution in [0.3, 0.4) is 0 Å². The first kappa shape index (κ1) is 17.3. The van der Waals surface area contributed by atoms with E-state index in [1.165, 1.54) is 7.11 Å². The zero-order valence-corrected chi connectivity index (χ0v) is 15.3. The summed E-state index contributed by atoms with van der Waals surface area (Å²) < 4.78 is 19.4. The van der Waals surface area contributed by atoms with Crippen molar-refractivity contribution < 1.29 is 9.13 Å². The fourth-order valence-corrected chi connectivity index (χ4v) is 3.61. The Labute approximate surface area is 157 Å². The SMILES string of the molecule is CCC1c2cc(F)c(OC)cc2CCN1c1cnc(-c2ncccn2)nc1. The predicted molar refractivity (Wildman–Crippen MR) is 100 cm³/mol. The second-order valence-corrected chi connectivity index (χ2v) is 6.39. The maximum Gasteiger partial charge on any atom is 0.197 e. The lowest BCUT2D eigenvalue weighted by atomic mass is 9.90. The second-order valence-electron chi connectivity index (χ2n) is 6.39. The third-order valence-electron chi connectivity index (χ3n) is 4.89. The number of nitrogens with zero attached hydrogens (tertiary/aromatic N) is 5. The molecular weight excluding hydrogens is 345 g/mol. The van der Waals surface area contributed by atoms with Crippen molar-refractivity contribution in [3.05, 3.63) is 59.9 Å². The highest BCUT2D eigenvalue weighted by atomic mass is 19.1. The number of hydrogen-bond acceptors (Lipinski definition) is 6. The Morgan fingerprint density at radius 1 is 1.11 bits per heavy atom. The van der Waals surface area contributed by atoms with Crippen molar-refractivity contribution in [1.82, 2.24) is 19.9 Å². The van der Waals surface area contributed by atoms with Crippen LogP contribution in [0.2, 0.25) is 0 Å². The number of ether oxygens (including phenoxy) is 1. The van der Waals surface area contributed by atoms with E-state index >= 15 is 0 Å². The first-order valence-electron chi connectivity index (χ1n) is 8.93. The van der Waals surface area contributed by atoms with Crippen molar-refractivity contribution in [1.29, 1.82) is 0 Å². The van der Waals surface area contributed by atoms with E-state index in [1.54, 1.807) is 36.9 Å². The highest BCUT2D eigenvalue weighted by Gasteiger charge is 2.28. The van der Waals surface area contributed by atoms with E-state index in [1.807, 2.05) is 6.07 Å². The van der Waals surface area contributed by atoms with Gasteiger partial charge >= 0.3 is 0 Å². The molecule has 4 rings (SSSR count). The van der Waals surface area contributed by atoms with Crippen LogP contribution in [0.1, 0.15) is 30.5 Å². The number of fused-ring (bicyclic) bond motifs is 1. The van der Waals surface area contributed by atoms with E-state index < -0.39 is 0 Å². The molecule has 0 saturated heterocycles. The van der Waals surface area contributed by atoms with Crippen molar-refractivity contribution >= 4 is 5.69 Å². The Morgan fingerprint density at radius 2 is 1.81 bits per heavy atom. The maximum absolute atomic E-state index is 14.3. The van der Waals surface area contributed by atoms with Crippen LogP contribution < -0.4 is 9.64 Å². The highest BCUT2D eigenvalue weighted by molar-refractivity contribution is 5.53. The third-order valence-corrected chi connectivity index (χ3v) is 4.89. The van der Waals surface area contributed by atoms with Crippen molar-refractivity contribution in [3.63, 3.8) is 0 Å². The van der Waals surface area contributed by atoms with Gasteiger partial charge in [-0.1, -0.05) is 6.92 Å². The van der Waals surface area contributed by atoms with E-state index in [9.17, 15) is 4.39 Å². The minimum absolute atomic E-state index is 0.0663. The molecule has 7 heteroatoms. The normalized spacial score (nSPS) is 16.1. The fraction of sp³-hybridized carbons (Fsp3) is 0.300. The van der Waals surface area contributed by atoms with E-state index in [2.05, 4.69) is 31.8 Å². The lowest BCUT2D eigenvalue weighted by Crippen LogP contribution is -2.35. The van der Waals surface area contributed by atoms with Crippen LogP contribution in [0.15, 0.2) is 43.0 Å². The quantitative estimate of drug-likeness (QED) is 0.704. The molecule has 1 atom stereocenters. The van der Waals surface area contributed by atoms with E-state index in [4.69, 9.17) is 4.74 Å². The van der Waals surface area contributed by atoms with Crippen molar-refractivity contribution in [2.75, 3.05) is 18.6 Å². The summed E-state index contributed by atoms with van der Waals surface area (Å²) in [5, 5.41) is 0. The van der Waals surface area contributed by atoms with Crippen LogP contribution in [0.4, 0.5) is 10.1 Å². The molecule has 3 aromatic rings. The molecule has 0 bridgehead atoms. The number of benzene rings is 1. The van der Waals surface area contributed by atoms with Crippen molar-refractivity contribution in [2.45, 2.75) is 25.8 Å². The van der Waals surface area contributed by atoms with Gasteiger partial charge in [0.2, 0.25) is 0 Å². The molecule has 1 aromatic carbocycles. The van der Waals surface area contributed by atoms with Gasteiger partial charge in [0.25, 0.3) is 0 Å². The molecule has 1 aliphatic rings. The zero-order chi connectivity index (χ0) is 18.8. The molecule has 0 N–H and O–H groups in total. The molecule has 138 valence electrons. The second kappa shape index (κ2) is 7.26. The van der Waals surface area contributed by atoms with Crippen LogP contribution in [-0.4, -0.2) is 33.6 Å². The summed E-state index contributed by atoms with van der Waals surface area (Å²) in [4.78, 5) is 19.4. The van der Waals surface area contributed by atoms with E-state index in [0.717, 1.165) is 36.2 Å². The van der Waals surface area contributed by atoms with Gasteiger partial charge in [0, 0.05) is 18.9 Å². The molecule has 1 aliphatic heterocycles. The Morgan fingerprint density at radius 3 is 2.48 bits per heavy atom. The van der Waals surface area contributed by atoms with E-state index in [-0.39, 0.29) is 11.9 Å². The molecule has 0 spiro atoms. The third kappa shape index (κ3) is 3.20. The maximum atomic E-state index is 14.3. The van der Waals surface area contributed by atoms with Crippen LogP contribution in [0, 0.1) is 5.82 Å². The number of aromatic nitrogens is 4. The number of anilines is 1. The summed E-state index contributed by atoms with van der Waals surface area (Å²) in [5.41, 5.74) is 3.03. The Kier molecular flexibility index (Phi) is 4.66. The number of methoxy groups -OCH3 is 1. The Bertz CT molecular complexity index is 933. The van der Waals surface area contributed by atoms with Crippen molar-refractivity contribution in [3.8, 4) is 17.4 Å². The van der Waals surface area contributed by atoms with Crippen LogP contribution >= 0.6 is 0 Å². The predicted octanol–water partition coefficient (Wildman–Crippen LogP) is 3.60. The minimum Gasteiger partial charge on any atom is -0.494 e. The first-order chi connectivity index (χ1) is 13.2. The largest absolute Gasteiger partial charge is 0.494 e. The van der Waals surface area contributed by atoms with Crippen molar-refractivity contribution in [2.24, 2.45) is 0 Å². The van der Waals surface area contributed by atoms with Crippen LogP contribution in [0.25, 0.3) is 11.6 Å². The number of hydrogen-bond donors (Lipinski definition) is 0. The number of rotatable bonds is 4. The summed E-state index contributed by atoms with van der Waals surface area (Å²) in [6.07, 6.45) is 8.56. The molecule has 0 radical (unpaired) electrons. The number of halogens is 1. The first-order valence-corrected chi connectivity index (χ1v) is 8.93. The molecule has 3 heterocycles. The smallest absolute Gasteiger partial charge is 0.197 e. The van der Waals surface area contributed by atoms with Crippen LogP contribution in [-0.2, 0) is 6.42 Å². The molecule has 2 aromatic heterocycles. The highest BCUT2D eigenvalue weighted by Crippen LogP contribution is 2.38. The van der Waals surface area contributed by atoms with Gasteiger partial charge in [-0.2, -0.15) is 0 Å². The van der Waals surface area contributed by atoms with Gasteiger partial charge in [-0.05, 0) is 42.2 Å². The topological polar surface area (TPSA) is 64.0 Å². The average Bonchev–Trinajstić information content (AvgIpc) is 2.73. The van der Waals surface area contributed by atoms with Gasteiger partial charge in [-0.25, -0.2) is 24.3 Å². The van der Waals surface area contributed by atoms with Gasteiger partial charge in [0.05, 0.1) is 31.2 Å². The molecule has 0 saturated carbocycles. The molecule has 0 aliphatic carbocycles. The average molecular weight is 365 g/mol. The molecule has 27 heavy (non-hydrogen) atoms. The van der Waals surface area contributed by atoms with Gasteiger partial charge in [-0.15, -0.1) is 0 Å². The molecular formula is C20H20FN5O. The van der Waals surface area contributed by atoms with Gasteiger partial charge < -0.3 is 9.64 Å². The van der Waals surface area contributed by atoms with Gasteiger partial charge in [0.1, 0.15) is 0 Å². The Balaban J connectivity index is 1.65. The van der Waals surface area contributed by atoms with Crippen LogP contribution in [0.5, 0.6) is 5.75 Å². The Hall–Kier alpha value is -3.09. The summed E-state index contributed by atoms with van der Waals surface area (Å²) in [6, 6.07) is 5.23. The molecule has 1 unspecified atom stereocenters. The van der Waals surface area contributed by atoms with Gasteiger partial charge in [-0.3, -0.25) is 0 Å². The standard InChI is InChI=1S/C20H20FN5O/c1-3-17-15-10-16(21)18(27-2)9-13(15)5-8-26(17)14-11-24-20(25-12-14)19-22-6-4-7-23-19/h4,6-7,9-12,17H,3,5,8H2,1-2H3. The zero-order valence-electron chi connectivity index (χ0n) is 15.3. The molecule has 0 fully saturated rings.